The summed E-state index contributed by atoms with van der Waals surface area (Å²) >= 11 is 8.78. The summed E-state index contributed by atoms with van der Waals surface area (Å²) in [6.07, 6.45) is 1.84. The minimum absolute atomic E-state index is 0.0463. The monoisotopic (exact) mass is 590 g/mol. The zero-order chi connectivity index (χ0) is 27.2. The summed E-state index contributed by atoms with van der Waals surface area (Å²) in [4.78, 5) is 29.0. The van der Waals surface area contributed by atoms with Gasteiger partial charge in [-0.25, -0.2) is 18.0 Å². The summed E-state index contributed by atoms with van der Waals surface area (Å²) in [5.41, 5.74) is 0. The van der Waals surface area contributed by atoms with E-state index in [1.807, 2.05) is 6.92 Å². The highest BCUT2D eigenvalue weighted by Gasteiger charge is 2.16. The Hall–Kier alpha value is -1.18. The summed E-state index contributed by atoms with van der Waals surface area (Å²) in [6, 6.07) is 0. The maximum atomic E-state index is 10.4. The van der Waals surface area contributed by atoms with Crippen LogP contribution in [0.3, 0.4) is 0 Å². The van der Waals surface area contributed by atoms with Gasteiger partial charge in [-0.05, 0) is 31.6 Å². The molecule has 4 N–H and O–H groups in total. The number of carbonyl (C=O) groups is 3. The zero-order valence-corrected chi connectivity index (χ0v) is 22.5. The Balaban J connectivity index is -0.000000351. The average Bonchev–Trinajstić information content (AvgIpc) is 3.25. The molecule has 1 atom stereocenters. The summed E-state index contributed by atoms with van der Waals surface area (Å²) in [5.74, 6) is 1.24. The predicted molar refractivity (Wildman–Crippen MR) is 134 cm³/mol. The third-order valence-corrected chi connectivity index (χ3v) is 5.09. The van der Waals surface area contributed by atoms with E-state index in [0.29, 0.717) is 47.2 Å². The lowest BCUT2D eigenvalue weighted by atomic mass is 10.1. The van der Waals surface area contributed by atoms with Crippen LogP contribution in [0.2, 0.25) is 0 Å². The van der Waals surface area contributed by atoms with E-state index in [-0.39, 0.29) is 5.97 Å². The van der Waals surface area contributed by atoms with Crippen molar-refractivity contribution >= 4 is 80.5 Å². The predicted octanol–water partition coefficient (Wildman–Crippen LogP) is 2.73. The number of rotatable bonds is 0. The lowest BCUT2D eigenvalue weighted by Crippen LogP contribution is -2.05. The van der Waals surface area contributed by atoms with E-state index in [2.05, 4.69) is 51.7 Å². The Morgan fingerprint density at radius 3 is 1.74 bits per heavy atom. The van der Waals surface area contributed by atoms with Crippen molar-refractivity contribution < 1.29 is 60.5 Å². The van der Waals surface area contributed by atoms with Gasteiger partial charge >= 0.3 is 18.3 Å². The number of hydrogen-bond acceptors (Lipinski definition) is 10. The van der Waals surface area contributed by atoms with Gasteiger partial charge in [0, 0.05) is 6.42 Å². The van der Waals surface area contributed by atoms with E-state index in [0.717, 1.165) is 25.7 Å². The van der Waals surface area contributed by atoms with Crippen LogP contribution in [0.25, 0.3) is 0 Å². The molecule has 34 heavy (non-hydrogen) atoms. The third-order valence-electron chi connectivity index (χ3n) is 3.27. The molecule has 3 fully saturated rings. The SMILES string of the molecule is CC1CCOC(=O)OC1.O=C(O)O.O=C1CCCO1.O=S(O)O.O=S1(=O)CCCC1.S=C(S)S. The van der Waals surface area contributed by atoms with Gasteiger partial charge in [0.05, 0.1) is 34.9 Å². The highest BCUT2D eigenvalue weighted by molar-refractivity contribution is 8.34. The van der Waals surface area contributed by atoms with Crippen LogP contribution in [0.1, 0.15) is 39.0 Å². The maximum absolute atomic E-state index is 10.4. The number of ether oxygens (including phenoxy) is 3. The van der Waals surface area contributed by atoms with E-state index < -0.39 is 33.5 Å². The smallest absolute Gasteiger partial charge is 0.466 e. The van der Waals surface area contributed by atoms with Crippen LogP contribution in [0, 0.1) is 5.92 Å². The van der Waals surface area contributed by atoms with E-state index in [4.69, 9.17) is 28.3 Å². The molecule has 0 aromatic heterocycles. The van der Waals surface area contributed by atoms with E-state index in [1.54, 1.807) is 0 Å². The van der Waals surface area contributed by atoms with Gasteiger partial charge in [0.25, 0.3) is 11.4 Å². The molecule has 3 rings (SSSR count). The summed E-state index contributed by atoms with van der Waals surface area (Å²) < 4.78 is 57.9. The molecule has 0 aromatic carbocycles. The fourth-order valence-electron chi connectivity index (χ4n) is 1.90. The van der Waals surface area contributed by atoms with Crippen molar-refractivity contribution in [3.8, 4) is 0 Å². The first-order chi connectivity index (χ1) is 15.6. The largest absolute Gasteiger partial charge is 0.508 e. The minimum atomic E-state index is -2.61. The number of thiocarbonyl (C=S) groups is 1. The molecule has 0 radical (unpaired) electrons. The normalized spacial score (nSPS) is 19.4. The highest BCUT2D eigenvalue weighted by atomic mass is 32.2. The first-order valence-electron chi connectivity index (χ1n) is 9.38. The Morgan fingerprint density at radius 1 is 1.03 bits per heavy atom. The molecule has 0 aliphatic carbocycles. The van der Waals surface area contributed by atoms with Crippen molar-refractivity contribution in [2.24, 2.45) is 5.92 Å². The first kappa shape index (κ1) is 37.4. The van der Waals surface area contributed by atoms with Crippen molar-refractivity contribution in [2.45, 2.75) is 39.0 Å². The van der Waals surface area contributed by atoms with Crippen LogP contribution in [0.5, 0.6) is 0 Å². The number of cyclic esters (lactones) is 3. The molecule has 0 saturated carbocycles. The molecule has 3 saturated heterocycles. The maximum Gasteiger partial charge on any atom is 0.508 e. The fraction of sp³-hybridized carbons (Fsp3) is 0.750. The molecule has 0 spiro atoms. The Morgan fingerprint density at radius 2 is 1.47 bits per heavy atom. The van der Waals surface area contributed by atoms with Gasteiger partial charge in [-0.3, -0.25) is 13.9 Å². The van der Waals surface area contributed by atoms with Crippen molar-refractivity contribution in [1.29, 1.82) is 0 Å². The van der Waals surface area contributed by atoms with E-state index in [1.165, 1.54) is 0 Å². The third kappa shape index (κ3) is 41.1. The van der Waals surface area contributed by atoms with Gasteiger partial charge in [-0.2, -0.15) is 4.21 Å². The second kappa shape index (κ2) is 23.6. The van der Waals surface area contributed by atoms with Gasteiger partial charge in [-0.1, -0.05) is 19.1 Å². The topological polar surface area (TPSA) is 211 Å². The second-order valence-corrected chi connectivity index (χ2v) is 11.3. The molecule has 3 aliphatic rings. The van der Waals surface area contributed by atoms with Gasteiger partial charge in [0.15, 0.2) is 0 Å². The van der Waals surface area contributed by atoms with Crippen LogP contribution in [0.15, 0.2) is 0 Å². The second-order valence-electron chi connectivity index (χ2n) is 6.28. The molecular formula is C16H30O13S5. The summed E-state index contributed by atoms with van der Waals surface area (Å²) in [7, 11) is -2.55. The number of hydrogen-bond donors (Lipinski definition) is 6. The molecule has 3 heterocycles. The lowest BCUT2D eigenvalue weighted by Gasteiger charge is -2.00. The van der Waals surface area contributed by atoms with Crippen molar-refractivity contribution in [2.75, 3.05) is 31.3 Å². The quantitative estimate of drug-likeness (QED) is 0.104. The number of esters is 1. The Labute approximate surface area is 216 Å². The average molecular weight is 591 g/mol. The zero-order valence-electron chi connectivity index (χ0n) is 18.2. The molecule has 3 aliphatic heterocycles. The van der Waals surface area contributed by atoms with Gasteiger partial charge in [0.1, 0.15) is 9.84 Å². The lowest BCUT2D eigenvalue weighted by molar-refractivity contribution is -0.137. The minimum Gasteiger partial charge on any atom is -0.466 e. The number of thiol groups is 2. The molecule has 0 bridgehead atoms. The van der Waals surface area contributed by atoms with Crippen LogP contribution in [-0.2, 0) is 40.2 Å². The van der Waals surface area contributed by atoms with Crippen LogP contribution in [-0.4, -0.2) is 85.1 Å². The van der Waals surface area contributed by atoms with Crippen LogP contribution < -0.4 is 0 Å². The van der Waals surface area contributed by atoms with Crippen LogP contribution >= 0.6 is 37.5 Å². The van der Waals surface area contributed by atoms with Crippen molar-refractivity contribution in [3.05, 3.63) is 0 Å². The molecule has 18 heteroatoms. The number of sulfone groups is 1. The molecule has 13 nitrogen and oxygen atoms in total. The molecule has 0 amide bonds. The van der Waals surface area contributed by atoms with Crippen molar-refractivity contribution in [1.82, 2.24) is 0 Å². The summed E-state index contributed by atoms with van der Waals surface area (Å²) in [5, 5.41) is 13.9. The fourth-order valence-corrected chi connectivity index (χ4v) is 3.39. The molecule has 202 valence electrons. The Kier molecular flexibility index (Phi) is 25.9. The molecular weight excluding hydrogens is 560 g/mol. The molecule has 0 aromatic rings. The summed E-state index contributed by atoms with van der Waals surface area (Å²) in [6.45, 7) is 3.67. The van der Waals surface area contributed by atoms with E-state index >= 15 is 0 Å². The highest BCUT2D eigenvalue weighted by Crippen LogP contribution is 2.08. The number of carboxylic acid groups (broad SMARTS) is 2. The number of carbonyl (C=O) groups excluding carboxylic acids is 2. The van der Waals surface area contributed by atoms with Crippen molar-refractivity contribution in [3.63, 3.8) is 0 Å². The van der Waals surface area contributed by atoms with Crippen LogP contribution in [0.4, 0.5) is 9.59 Å². The van der Waals surface area contributed by atoms with E-state index in [9.17, 15) is 18.0 Å². The van der Waals surface area contributed by atoms with Gasteiger partial charge in [-0.15, -0.1) is 25.3 Å². The van der Waals surface area contributed by atoms with Gasteiger partial charge in [0.2, 0.25) is 0 Å². The van der Waals surface area contributed by atoms with Gasteiger partial charge < -0.3 is 24.4 Å². The standard InChI is InChI=1S/C6H10O3.C4H8O2S.C4H6O2.CH2O3.CH2S3.H2O3S/c1-5-2-3-8-6(7)9-4-5;5-7(6)3-1-2-4-7;5-4-2-1-3-6-4;2*2-1(3)4;1-4(2)3/h5H,2-4H2,1H3;1-4H2;1-3H2;2*(H2,2,3,4);(H2,1,2,3). The molecule has 1 unspecified atom stereocenters. The Bertz CT molecular complexity index is 666. The first-order valence-corrected chi connectivity index (χ1v) is 13.6.